The molecule has 4 aromatic rings. The van der Waals surface area contributed by atoms with Gasteiger partial charge in [0.2, 0.25) is 5.82 Å². The number of aromatic amines is 1. The van der Waals surface area contributed by atoms with Crippen molar-refractivity contribution in [2.45, 2.75) is 58.4 Å². The molecule has 2 aromatic heterocycles. The third-order valence-corrected chi connectivity index (χ3v) is 6.88. The van der Waals surface area contributed by atoms with Crippen molar-refractivity contribution >= 4 is 17.6 Å². The number of carbonyl (C=O) groups excluding carboxylic acids is 1. The molecule has 11 heteroatoms. The van der Waals surface area contributed by atoms with E-state index in [1.165, 1.54) is 0 Å². The molecule has 2 heterocycles. The molecule has 0 aliphatic heterocycles. The number of ether oxygens (including phenoxy) is 1. The smallest absolute Gasteiger partial charge is 0.326 e. The van der Waals surface area contributed by atoms with Gasteiger partial charge in [-0.15, -0.1) is 10.2 Å². The van der Waals surface area contributed by atoms with E-state index in [0.717, 1.165) is 47.3 Å². The maximum absolute atomic E-state index is 12.7. The Morgan fingerprint density at radius 2 is 1.87 bits per heavy atom. The van der Waals surface area contributed by atoms with Crippen LogP contribution in [0.25, 0.3) is 22.5 Å². The number of hydrogen-bond donors (Lipinski definition) is 2. The van der Waals surface area contributed by atoms with E-state index in [1.807, 2.05) is 28.8 Å². The molecule has 10 nitrogen and oxygen atoms in total. The van der Waals surface area contributed by atoms with Crippen LogP contribution in [0, 0.1) is 0 Å². The fourth-order valence-electron chi connectivity index (χ4n) is 4.60. The van der Waals surface area contributed by atoms with E-state index >= 15 is 0 Å². The fraction of sp³-hybridized carbons (Fsp3) is 0.393. The average Bonchev–Trinajstić information content (AvgIpc) is 3.55. The van der Waals surface area contributed by atoms with Gasteiger partial charge in [0.1, 0.15) is 18.5 Å². The van der Waals surface area contributed by atoms with Crippen LogP contribution in [0.2, 0.25) is 5.15 Å². The largest absolute Gasteiger partial charge is 0.458 e. The zero-order valence-corrected chi connectivity index (χ0v) is 23.4. The lowest BCUT2D eigenvalue weighted by Crippen LogP contribution is -2.44. The molecule has 1 unspecified atom stereocenters. The van der Waals surface area contributed by atoms with E-state index in [4.69, 9.17) is 16.3 Å². The number of aliphatic hydroxyl groups excluding tert-OH is 1. The molecule has 39 heavy (non-hydrogen) atoms. The number of benzene rings is 2. The highest BCUT2D eigenvalue weighted by Crippen LogP contribution is 2.30. The van der Waals surface area contributed by atoms with Crippen molar-refractivity contribution < 1.29 is 14.6 Å². The van der Waals surface area contributed by atoms with Crippen LogP contribution in [0.15, 0.2) is 48.5 Å². The molecule has 0 fully saturated rings. The first-order valence-corrected chi connectivity index (χ1v) is 13.3. The first kappa shape index (κ1) is 28.4. The number of nitrogens with one attached hydrogen (secondary N) is 1. The van der Waals surface area contributed by atoms with Crippen LogP contribution in [0.1, 0.15) is 43.8 Å². The quantitative estimate of drug-likeness (QED) is 0.252. The van der Waals surface area contributed by atoms with Crippen molar-refractivity contribution in [3.05, 3.63) is 70.8 Å². The summed E-state index contributed by atoms with van der Waals surface area (Å²) in [6, 6.07) is 15.4. The van der Waals surface area contributed by atoms with Crippen molar-refractivity contribution in [2.24, 2.45) is 0 Å². The van der Waals surface area contributed by atoms with Gasteiger partial charge < -0.3 is 14.4 Å². The summed E-state index contributed by atoms with van der Waals surface area (Å²) in [6.45, 7) is 4.17. The van der Waals surface area contributed by atoms with Crippen LogP contribution in [-0.4, -0.2) is 72.4 Å². The molecule has 0 spiro atoms. The number of hydrogen-bond acceptors (Lipinski definition) is 8. The summed E-state index contributed by atoms with van der Waals surface area (Å²) in [6.07, 6.45) is 1.86. The Morgan fingerprint density at radius 1 is 1.15 bits per heavy atom. The zero-order valence-electron chi connectivity index (χ0n) is 22.6. The summed E-state index contributed by atoms with van der Waals surface area (Å²) in [5, 5.41) is 24.8. The summed E-state index contributed by atoms with van der Waals surface area (Å²) in [5.41, 5.74) is 4.59. The highest BCUT2D eigenvalue weighted by atomic mass is 35.5. The molecule has 206 valence electrons. The van der Waals surface area contributed by atoms with Crippen LogP contribution in [0.4, 0.5) is 0 Å². The second kappa shape index (κ2) is 13.0. The Bertz CT molecular complexity index is 1360. The molecule has 2 aromatic carbocycles. The molecule has 0 aliphatic carbocycles. The van der Waals surface area contributed by atoms with Gasteiger partial charge in [-0.1, -0.05) is 73.5 Å². The van der Waals surface area contributed by atoms with Gasteiger partial charge in [-0.3, -0.25) is 9.69 Å². The molecule has 4 rings (SSSR count). The number of tetrazole rings is 1. The van der Waals surface area contributed by atoms with Gasteiger partial charge in [0.05, 0.1) is 11.8 Å². The lowest BCUT2D eigenvalue weighted by Gasteiger charge is -2.25. The lowest BCUT2D eigenvalue weighted by atomic mass is 9.98. The SMILES string of the molecule is CCCCc1nc(Cl)c(COC(=O)C([C@@H](C)O)N(C)C)n1Cc1ccc(-c2ccccc2-c2nn[nH]n2)cc1. The van der Waals surface area contributed by atoms with E-state index in [1.54, 1.807) is 25.9 Å². The van der Waals surface area contributed by atoms with Crippen molar-refractivity contribution in [3.63, 3.8) is 0 Å². The second-order valence-corrected chi connectivity index (χ2v) is 10.0. The van der Waals surface area contributed by atoms with Gasteiger partial charge in [-0.05, 0) is 49.3 Å². The van der Waals surface area contributed by atoms with Crippen molar-refractivity contribution in [2.75, 3.05) is 14.1 Å². The number of likely N-dealkylation sites (N-methyl/N-ethyl adjacent to an activating group) is 1. The first-order valence-electron chi connectivity index (χ1n) is 13.0. The molecule has 2 atom stereocenters. The number of unbranched alkanes of at least 4 members (excludes halogenated alkanes) is 1. The van der Waals surface area contributed by atoms with Crippen LogP contribution in [0.3, 0.4) is 0 Å². The molecule has 0 aliphatic rings. The molecular formula is C28H34ClN7O3. The zero-order chi connectivity index (χ0) is 27.9. The van der Waals surface area contributed by atoms with Crippen LogP contribution < -0.4 is 0 Å². The van der Waals surface area contributed by atoms with Gasteiger partial charge in [-0.2, -0.15) is 5.21 Å². The minimum atomic E-state index is -0.878. The third-order valence-electron chi connectivity index (χ3n) is 6.58. The number of halogens is 1. The number of aliphatic hydroxyl groups is 1. The molecule has 0 saturated heterocycles. The molecule has 0 saturated carbocycles. The second-order valence-electron chi connectivity index (χ2n) is 9.69. The highest BCUT2D eigenvalue weighted by molar-refractivity contribution is 6.30. The number of aryl methyl sites for hydroxylation is 1. The maximum Gasteiger partial charge on any atom is 0.326 e. The normalized spacial score (nSPS) is 13.0. The van der Waals surface area contributed by atoms with Crippen molar-refractivity contribution in [3.8, 4) is 22.5 Å². The van der Waals surface area contributed by atoms with E-state index in [9.17, 15) is 9.90 Å². The molecule has 0 radical (unpaired) electrons. The topological polar surface area (TPSA) is 122 Å². The van der Waals surface area contributed by atoms with Gasteiger partial charge in [0.15, 0.2) is 5.15 Å². The minimum Gasteiger partial charge on any atom is -0.458 e. The molecular weight excluding hydrogens is 518 g/mol. The van der Waals surface area contributed by atoms with E-state index in [2.05, 4.69) is 56.8 Å². The Hall–Kier alpha value is -3.60. The lowest BCUT2D eigenvalue weighted by molar-refractivity contribution is -0.154. The number of rotatable bonds is 12. The fourth-order valence-corrected chi connectivity index (χ4v) is 4.85. The van der Waals surface area contributed by atoms with Crippen LogP contribution in [0.5, 0.6) is 0 Å². The van der Waals surface area contributed by atoms with Gasteiger partial charge in [0, 0.05) is 18.5 Å². The van der Waals surface area contributed by atoms with Crippen LogP contribution >= 0.6 is 11.6 Å². The predicted molar refractivity (Wildman–Crippen MR) is 149 cm³/mol. The Labute approximate surface area is 233 Å². The average molecular weight is 552 g/mol. The monoisotopic (exact) mass is 551 g/mol. The minimum absolute atomic E-state index is 0.0377. The molecule has 2 N–H and O–H groups in total. The van der Waals surface area contributed by atoms with E-state index in [0.29, 0.717) is 23.2 Å². The van der Waals surface area contributed by atoms with Gasteiger partial charge in [0.25, 0.3) is 0 Å². The summed E-state index contributed by atoms with van der Waals surface area (Å²) in [5.74, 6) is 0.868. The Morgan fingerprint density at radius 3 is 2.49 bits per heavy atom. The maximum atomic E-state index is 12.7. The summed E-state index contributed by atoms with van der Waals surface area (Å²) >= 11 is 6.55. The summed E-state index contributed by atoms with van der Waals surface area (Å²) in [7, 11) is 3.45. The van der Waals surface area contributed by atoms with Gasteiger partial charge >= 0.3 is 5.97 Å². The predicted octanol–water partition coefficient (Wildman–Crippen LogP) is 4.13. The highest BCUT2D eigenvalue weighted by Gasteiger charge is 2.28. The number of carbonyl (C=O) groups is 1. The van der Waals surface area contributed by atoms with Crippen LogP contribution in [-0.2, 0) is 29.1 Å². The molecule has 0 amide bonds. The van der Waals surface area contributed by atoms with E-state index in [-0.39, 0.29) is 6.61 Å². The number of H-pyrrole nitrogens is 1. The standard InChI is InChI=1S/C28H34ClN7O3/c1-5-6-11-24-30-26(29)23(17-39-28(38)25(18(2)37)35(3)4)36(24)16-19-12-14-20(15-13-19)21-9-7-8-10-22(21)27-31-33-34-32-27/h7-10,12-15,18,25,37H,5-6,11,16-17H2,1-4H3,(H,31,32,33,34)/t18-,25?/m1/s1. The van der Waals surface area contributed by atoms with Crippen molar-refractivity contribution in [1.29, 1.82) is 0 Å². The summed E-state index contributed by atoms with van der Waals surface area (Å²) < 4.78 is 7.64. The Balaban J connectivity index is 1.58. The number of aromatic nitrogens is 6. The van der Waals surface area contributed by atoms with E-state index < -0.39 is 18.1 Å². The van der Waals surface area contributed by atoms with Gasteiger partial charge in [-0.25, -0.2) is 4.98 Å². The summed E-state index contributed by atoms with van der Waals surface area (Å²) in [4.78, 5) is 19.0. The first-order chi connectivity index (χ1) is 18.8. The Kier molecular flexibility index (Phi) is 9.45. The molecule has 0 bridgehead atoms. The third kappa shape index (κ3) is 6.70. The number of esters is 1. The van der Waals surface area contributed by atoms with Crippen molar-refractivity contribution in [1.82, 2.24) is 35.1 Å². The number of imidazole rings is 1. The number of nitrogens with zero attached hydrogens (tertiary/aromatic N) is 6.